The molecule has 0 spiro atoms. The molecule has 28 heavy (non-hydrogen) atoms. The molecule has 2 saturated heterocycles. The molecular weight excluding hydrogens is 398 g/mol. The lowest BCUT2D eigenvalue weighted by molar-refractivity contribution is 0.122. The van der Waals surface area contributed by atoms with Gasteiger partial charge in [-0.05, 0) is 18.6 Å². The molecule has 2 fully saturated rings. The summed E-state index contributed by atoms with van der Waals surface area (Å²) in [5.74, 6) is 0.797. The molecule has 0 aliphatic carbocycles. The molecule has 2 aliphatic heterocycles. The lowest BCUT2D eigenvalue weighted by atomic mass is 10.3. The molecule has 2 aromatic heterocycles. The van der Waals surface area contributed by atoms with E-state index in [2.05, 4.69) is 20.0 Å². The van der Waals surface area contributed by atoms with Crippen molar-refractivity contribution in [2.24, 2.45) is 0 Å². The second-order valence-corrected chi connectivity index (χ2v) is 10.2. The summed E-state index contributed by atoms with van der Waals surface area (Å²) in [6.45, 7) is 7.27. The zero-order chi connectivity index (χ0) is 19.6. The van der Waals surface area contributed by atoms with Crippen LogP contribution in [0.15, 0.2) is 28.6 Å². The predicted octanol–water partition coefficient (Wildman–Crippen LogP) is 1.45. The van der Waals surface area contributed by atoms with Gasteiger partial charge in [0.2, 0.25) is 0 Å². The lowest BCUT2D eigenvalue weighted by Gasteiger charge is -2.35. The summed E-state index contributed by atoms with van der Waals surface area (Å²) in [5, 5.41) is 8.43. The first-order chi connectivity index (χ1) is 13.6. The van der Waals surface area contributed by atoms with Crippen molar-refractivity contribution in [2.75, 3.05) is 62.3 Å². The third kappa shape index (κ3) is 4.00. The minimum Gasteiger partial charge on any atom is -0.378 e. The van der Waals surface area contributed by atoms with E-state index in [9.17, 15) is 8.42 Å². The SMILES string of the molecule is CCc1ccc(S(=O)(=O)N2CCN(c3cc(N4CCOCC4)cnn3)CC2)s1. The first kappa shape index (κ1) is 19.6. The van der Waals surface area contributed by atoms with E-state index < -0.39 is 10.0 Å². The molecule has 0 unspecified atom stereocenters. The highest BCUT2D eigenvalue weighted by Crippen LogP contribution is 2.27. The van der Waals surface area contributed by atoms with Gasteiger partial charge in [0, 0.05) is 50.2 Å². The van der Waals surface area contributed by atoms with Crippen molar-refractivity contribution >= 4 is 32.9 Å². The van der Waals surface area contributed by atoms with E-state index in [-0.39, 0.29) is 0 Å². The Bertz CT molecular complexity index is 903. The molecule has 8 nitrogen and oxygen atoms in total. The fraction of sp³-hybridized carbons (Fsp3) is 0.556. The van der Waals surface area contributed by atoms with Crippen molar-refractivity contribution in [1.29, 1.82) is 0 Å². The maximum atomic E-state index is 12.9. The van der Waals surface area contributed by atoms with Crippen LogP contribution < -0.4 is 9.80 Å². The summed E-state index contributed by atoms with van der Waals surface area (Å²) in [6.07, 6.45) is 2.63. The van der Waals surface area contributed by atoms with Gasteiger partial charge in [0.05, 0.1) is 25.1 Å². The van der Waals surface area contributed by atoms with Crippen LogP contribution >= 0.6 is 11.3 Å². The molecule has 0 saturated carbocycles. The number of morpholine rings is 1. The Kier molecular flexibility index (Phi) is 5.81. The van der Waals surface area contributed by atoms with Crippen LogP contribution in [0.25, 0.3) is 0 Å². The van der Waals surface area contributed by atoms with Crippen LogP contribution in [-0.4, -0.2) is 75.4 Å². The molecule has 0 radical (unpaired) electrons. The molecule has 10 heteroatoms. The maximum Gasteiger partial charge on any atom is 0.252 e. The second kappa shape index (κ2) is 8.32. The van der Waals surface area contributed by atoms with Crippen molar-refractivity contribution in [2.45, 2.75) is 17.6 Å². The Morgan fingerprint density at radius 1 is 1.07 bits per heavy atom. The zero-order valence-electron chi connectivity index (χ0n) is 16.0. The second-order valence-electron chi connectivity index (χ2n) is 6.84. The molecule has 0 amide bonds. The van der Waals surface area contributed by atoms with Crippen molar-refractivity contribution in [3.8, 4) is 0 Å². The Balaban J connectivity index is 1.42. The average Bonchev–Trinajstić information content (AvgIpc) is 3.25. The number of thiophene rings is 1. The van der Waals surface area contributed by atoms with E-state index in [4.69, 9.17) is 4.74 Å². The van der Waals surface area contributed by atoms with Crippen LogP contribution in [0.1, 0.15) is 11.8 Å². The standard InChI is InChI=1S/C18H25N5O3S2/c1-2-16-3-4-18(27-16)28(24,25)23-7-5-22(6-8-23)17-13-15(14-19-20-17)21-9-11-26-12-10-21/h3-4,13-14H,2,5-12H2,1H3. The Morgan fingerprint density at radius 2 is 1.82 bits per heavy atom. The summed E-state index contributed by atoms with van der Waals surface area (Å²) < 4.78 is 33.2. The molecule has 0 bridgehead atoms. The van der Waals surface area contributed by atoms with Gasteiger partial charge in [0.1, 0.15) is 4.21 Å². The summed E-state index contributed by atoms with van der Waals surface area (Å²) >= 11 is 1.37. The molecule has 152 valence electrons. The largest absolute Gasteiger partial charge is 0.378 e. The highest BCUT2D eigenvalue weighted by atomic mass is 32.2. The van der Waals surface area contributed by atoms with Gasteiger partial charge in [-0.2, -0.15) is 9.40 Å². The van der Waals surface area contributed by atoms with E-state index in [0.29, 0.717) is 30.4 Å². The van der Waals surface area contributed by atoms with Gasteiger partial charge in [-0.3, -0.25) is 0 Å². The van der Waals surface area contributed by atoms with E-state index >= 15 is 0 Å². The predicted molar refractivity (Wildman–Crippen MR) is 110 cm³/mol. The van der Waals surface area contributed by atoms with Gasteiger partial charge in [0.15, 0.2) is 5.82 Å². The number of piperazine rings is 1. The van der Waals surface area contributed by atoms with Gasteiger partial charge in [0.25, 0.3) is 10.0 Å². The first-order valence-electron chi connectivity index (χ1n) is 9.57. The number of nitrogens with zero attached hydrogens (tertiary/aromatic N) is 5. The molecule has 0 N–H and O–H groups in total. The number of aromatic nitrogens is 2. The minimum atomic E-state index is -3.42. The lowest BCUT2D eigenvalue weighted by Crippen LogP contribution is -2.48. The van der Waals surface area contributed by atoms with Gasteiger partial charge in [-0.1, -0.05) is 6.92 Å². The van der Waals surface area contributed by atoms with Crippen molar-refractivity contribution < 1.29 is 13.2 Å². The van der Waals surface area contributed by atoms with Gasteiger partial charge >= 0.3 is 0 Å². The quantitative estimate of drug-likeness (QED) is 0.720. The van der Waals surface area contributed by atoms with Crippen LogP contribution in [0.3, 0.4) is 0 Å². The Morgan fingerprint density at radius 3 is 2.50 bits per heavy atom. The van der Waals surface area contributed by atoms with E-state index in [1.165, 1.54) is 11.3 Å². The molecule has 0 atom stereocenters. The Hall–Kier alpha value is -1.75. The number of hydrogen-bond acceptors (Lipinski definition) is 8. The van der Waals surface area contributed by atoms with Crippen molar-refractivity contribution in [3.63, 3.8) is 0 Å². The molecule has 4 heterocycles. The van der Waals surface area contributed by atoms with Crippen molar-refractivity contribution in [1.82, 2.24) is 14.5 Å². The number of ether oxygens (including phenoxy) is 1. The topological polar surface area (TPSA) is 78.9 Å². The highest BCUT2D eigenvalue weighted by Gasteiger charge is 2.30. The van der Waals surface area contributed by atoms with Crippen LogP contribution in [0.5, 0.6) is 0 Å². The number of aryl methyl sites for hydroxylation is 1. The molecule has 0 aromatic carbocycles. The normalized spacial score (nSPS) is 19.2. The molecule has 4 rings (SSSR count). The third-order valence-corrected chi connectivity index (χ3v) is 8.74. The minimum absolute atomic E-state index is 0.437. The van der Waals surface area contributed by atoms with Gasteiger partial charge in [-0.25, -0.2) is 8.42 Å². The van der Waals surface area contributed by atoms with E-state index in [1.54, 1.807) is 16.6 Å². The Labute approximate surface area is 169 Å². The monoisotopic (exact) mass is 423 g/mol. The fourth-order valence-electron chi connectivity index (χ4n) is 3.47. The number of hydrogen-bond donors (Lipinski definition) is 0. The molecule has 2 aliphatic rings. The molecule has 2 aromatic rings. The number of rotatable bonds is 5. The maximum absolute atomic E-state index is 12.9. The first-order valence-corrected chi connectivity index (χ1v) is 11.8. The smallest absolute Gasteiger partial charge is 0.252 e. The number of anilines is 2. The van der Waals surface area contributed by atoms with Crippen LogP contribution in [0.4, 0.5) is 11.5 Å². The van der Waals surface area contributed by atoms with E-state index in [1.807, 2.05) is 19.1 Å². The van der Waals surface area contributed by atoms with Gasteiger partial charge < -0.3 is 14.5 Å². The summed E-state index contributed by atoms with van der Waals surface area (Å²) in [7, 11) is -3.42. The summed E-state index contributed by atoms with van der Waals surface area (Å²) in [6, 6.07) is 5.66. The van der Waals surface area contributed by atoms with Crippen LogP contribution in [0.2, 0.25) is 0 Å². The van der Waals surface area contributed by atoms with Crippen LogP contribution in [-0.2, 0) is 21.2 Å². The summed E-state index contributed by atoms with van der Waals surface area (Å²) in [5.41, 5.74) is 1.04. The third-order valence-electron chi connectivity index (χ3n) is 5.15. The number of sulfonamides is 1. The zero-order valence-corrected chi connectivity index (χ0v) is 17.6. The summed E-state index contributed by atoms with van der Waals surface area (Å²) in [4.78, 5) is 5.44. The van der Waals surface area contributed by atoms with Gasteiger partial charge in [-0.15, -0.1) is 16.4 Å². The fourth-order valence-corrected chi connectivity index (χ4v) is 6.34. The average molecular weight is 424 g/mol. The van der Waals surface area contributed by atoms with E-state index in [0.717, 1.165) is 49.1 Å². The van der Waals surface area contributed by atoms with Crippen LogP contribution in [0, 0.1) is 0 Å². The molecular formula is C18H25N5O3S2. The highest BCUT2D eigenvalue weighted by molar-refractivity contribution is 7.91. The van der Waals surface area contributed by atoms with Crippen molar-refractivity contribution in [3.05, 3.63) is 29.3 Å².